The quantitative estimate of drug-likeness (QED) is 0.630. The Bertz CT molecular complexity index is 777. The molecule has 0 saturated carbocycles. The fraction of sp³-hybridized carbons (Fsp3) is 0.333. The summed E-state index contributed by atoms with van der Waals surface area (Å²) >= 11 is 0. The Kier molecular flexibility index (Phi) is 7.67. The average Bonchev–Trinajstić information content (AvgIpc) is 2.67. The lowest BCUT2D eigenvalue weighted by atomic mass is 10.2. The molecule has 27 heavy (non-hydrogen) atoms. The summed E-state index contributed by atoms with van der Waals surface area (Å²) < 4.78 is 5.77. The van der Waals surface area contributed by atoms with Gasteiger partial charge in [-0.15, -0.1) is 0 Å². The second-order valence-corrected chi connectivity index (χ2v) is 6.21. The third-order valence-electron chi connectivity index (χ3n) is 3.95. The Labute approximate surface area is 160 Å². The lowest BCUT2D eigenvalue weighted by Crippen LogP contribution is -2.23. The van der Waals surface area contributed by atoms with Gasteiger partial charge in [-0.1, -0.05) is 19.1 Å². The first-order chi connectivity index (χ1) is 13.0. The molecule has 6 nitrogen and oxygen atoms in total. The Balaban J connectivity index is 1.90. The van der Waals surface area contributed by atoms with E-state index in [0.717, 1.165) is 12.2 Å². The van der Waals surface area contributed by atoms with Gasteiger partial charge in [0.05, 0.1) is 12.6 Å². The summed E-state index contributed by atoms with van der Waals surface area (Å²) in [5.74, 6) is 0.410. The number of hydrogen-bond acceptors (Lipinski definition) is 4. The first kappa shape index (κ1) is 20.3. The molecule has 0 fully saturated rings. The SMILES string of the molecule is CCNC(=O)c1cccc(NCC(=O)Nc2cccc(OC(C)CC)c2)c1. The molecule has 6 heteroatoms. The van der Waals surface area contributed by atoms with Crippen molar-refractivity contribution in [2.75, 3.05) is 23.7 Å². The molecular formula is C21H27N3O3. The second-order valence-electron chi connectivity index (χ2n) is 6.21. The number of hydrogen-bond donors (Lipinski definition) is 3. The van der Waals surface area contributed by atoms with E-state index in [9.17, 15) is 9.59 Å². The molecule has 3 N–H and O–H groups in total. The normalized spacial score (nSPS) is 11.4. The molecular weight excluding hydrogens is 342 g/mol. The van der Waals surface area contributed by atoms with E-state index in [1.807, 2.05) is 38.1 Å². The van der Waals surface area contributed by atoms with Crippen LogP contribution in [0.1, 0.15) is 37.6 Å². The van der Waals surface area contributed by atoms with Gasteiger partial charge in [0.15, 0.2) is 0 Å². The molecule has 2 amide bonds. The van der Waals surface area contributed by atoms with Crippen LogP contribution < -0.4 is 20.7 Å². The fourth-order valence-electron chi connectivity index (χ4n) is 2.38. The van der Waals surface area contributed by atoms with Crippen molar-refractivity contribution in [3.05, 3.63) is 54.1 Å². The largest absolute Gasteiger partial charge is 0.491 e. The number of nitrogens with one attached hydrogen (secondary N) is 3. The van der Waals surface area contributed by atoms with Crippen LogP contribution in [0.15, 0.2) is 48.5 Å². The Morgan fingerprint density at radius 1 is 1.04 bits per heavy atom. The van der Waals surface area contributed by atoms with Gasteiger partial charge in [0, 0.05) is 29.5 Å². The van der Waals surface area contributed by atoms with Crippen LogP contribution in [0, 0.1) is 0 Å². The number of amides is 2. The van der Waals surface area contributed by atoms with Gasteiger partial charge in [-0.3, -0.25) is 9.59 Å². The zero-order chi connectivity index (χ0) is 19.6. The van der Waals surface area contributed by atoms with Crippen molar-refractivity contribution in [1.82, 2.24) is 5.32 Å². The lowest BCUT2D eigenvalue weighted by molar-refractivity contribution is -0.114. The van der Waals surface area contributed by atoms with Gasteiger partial charge in [0.1, 0.15) is 5.75 Å². The number of anilines is 2. The molecule has 0 saturated heterocycles. The predicted molar refractivity (Wildman–Crippen MR) is 108 cm³/mol. The van der Waals surface area contributed by atoms with Gasteiger partial charge in [-0.2, -0.15) is 0 Å². The molecule has 0 aromatic heterocycles. The molecule has 2 aromatic rings. The number of ether oxygens (including phenoxy) is 1. The maximum absolute atomic E-state index is 12.2. The maximum Gasteiger partial charge on any atom is 0.251 e. The van der Waals surface area contributed by atoms with Crippen LogP contribution in [0.4, 0.5) is 11.4 Å². The summed E-state index contributed by atoms with van der Waals surface area (Å²) in [7, 11) is 0. The fourth-order valence-corrected chi connectivity index (χ4v) is 2.38. The summed E-state index contributed by atoms with van der Waals surface area (Å²) in [5.41, 5.74) is 1.94. The van der Waals surface area contributed by atoms with Crippen molar-refractivity contribution < 1.29 is 14.3 Å². The summed E-state index contributed by atoms with van der Waals surface area (Å²) in [6.45, 7) is 6.59. The predicted octanol–water partition coefficient (Wildman–Crippen LogP) is 3.66. The molecule has 0 aliphatic carbocycles. The van der Waals surface area contributed by atoms with E-state index in [0.29, 0.717) is 23.5 Å². The molecule has 1 atom stereocenters. The van der Waals surface area contributed by atoms with E-state index in [-0.39, 0.29) is 24.5 Å². The van der Waals surface area contributed by atoms with Crippen LogP contribution in [0.25, 0.3) is 0 Å². The van der Waals surface area contributed by atoms with Crippen LogP contribution in [0.5, 0.6) is 5.75 Å². The van der Waals surface area contributed by atoms with Gasteiger partial charge in [0.2, 0.25) is 5.91 Å². The van der Waals surface area contributed by atoms with Gasteiger partial charge in [0.25, 0.3) is 5.91 Å². The standard InChI is InChI=1S/C21H27N3O3/c1-4-15(3)27-19-11-7-10-18(13-19)24-20(25)14-23-17-9-6-8-16(12-17)21(26)22-5-2/h6-13,15,23H,4-5,14H2,1-3H3,(H,22,26)(H,24,25). The van der Waals surface area contributed by atoms with E-state index in [2.05, 4.69) is 22.9 Å². The highest BCUT2D eigenvalue weighted by Crippen LogP contribution is 2.19. The average molecular weight is 369 g/mol. The number of carbonyl (C=O) groups excluding carboxylic acids is 2. The Hall–Kier alpha value is -3.02. The van der Waals surface area contributed by atoms with Crippen molar-refractivity contribution in [1.29, 1.82) is 0 Å². The molecule has 1 unspecified atom stereocenters. The van der Waals surface area contributed by atoms with Gasteiger partial charge in [-0.25, -0.2) is 0 Å². The van der Waals surface area contributed by atoms with Crippen molar-refractivity contribution in [2.24, 2.45) is 0 Å². The van der Waals surface area contributed by atoms with Crippen molar-refractivity contribution in [3.63, 3.8) is 0 Å². The summed E-state index contributed by atoms with van der Waals surface area (Å²) in [6.07, 6.45) is 1.03. The van der Waals surface area contributed by atoms with Crippen LogP contribution in [-0.4, -0.2) is 31.0 Å². The Morgan fingerprint density at radius 3 is 2.52 bits per heavy atom. The van der Waals surface area contributed by atoms with Gasteiger partial charge < -0.3 is 20.7 Å². The number of benzene rings is 2. The van der Waals surface area contributed by atoms with E-state index >= 15 is 0 Å². The van der Waals surface area contributed by atoms with E-state index in [1.54, 1.807) is 24.3 Å². The highest BCUT2D eigenvalue weighted by molar-refractivity contribution is 5.96. The molecule has 0 radical (unpaired) electrons. The van der Waals surface area contributed by atoms with Crippen LogP contribution >= 0.6 is 0 Å². The molecule has 2 aromatic carbocycles. The molecule has 0 bridgehead atoms. The van der Waals surface area contributed by atoms with Crippen LogP contribution in [-0.2, 0) is 4.79 Å². The zero-order valence-electron chi connectivity index (χ0n) is 16.0. The van der Waals surface area contributed by atoms with E-state index in [4.69, 9.17) is 4.74 Å². The van der Waals surface area contributed by atoms with E-state index in [1.165, 1.54) is 0 Å². The molecule has 2 rings (SSSR count). The second kappa shape index (κ2) is 10.2. The first-order valence-corrected chi connectivity index (χ1v) is 9.20. The monoisotopic (exact) mass is 369 g/mol. The highest BCUT2D eigenvalue weighted by atomic mass is 16.5. The first-order valence-electron chi connectivity index (χ1n) is 9.20. The third kappa shape index (κ3) is 6.66. The summed E-state index contributed by atoms with van der Waals surface area (Å²) in [6, 6.07) is 14.4. The minimum atomic E-state index is -0.181. The topological polar surface area (TPSA) is 79.5 Å². The minimum Gasteiger partial charge on any atom is -0.491 e. The zero-order valence-corrected chi connectivity index (χ0v) is 16.0. The number of rotatable bonds is 9. The molecule has 0 spiro atoms. The van der Waals surface area contributed by atoms with Crippen LogP contribution in [0.2, 0.25) is 0 Å². The van der Waals surface area contributed by atoms with Crippen molar-refractivity contribution >= 4 is 23.2 Å². The Morgan fingerprint density at radius 2 is 1.78 bits per heavy atom. The van der Waals surface area contributed by atoms with Gasteiger partial charge in [-0.05, 0) is 50.6 Å². The highest BCUT2D eigenvalue weighted by Gasteiger charge is 2.07. The molecule has 0 aliphatic rings. The summed E-state index contributed by atoms with van der Waals surface area (Å²) in [4.78, 5) is 24.1. The molecule has 0 heterocycles. The van der Waals surface area contributed by atoms with Crippen molar-refractivity contribution in [3.8, 4) is 5.75 Å². The lowest BCUT2D eigenvalue weighted by Gasteiger charge is -2.14. The minimum absolute atomic E-state index is 0.0926. The van der Waals surface area contributed by atoms with Gasteiger partial charge >= 0.3 is 0 Å². The van der Waals surface area contributed by atoms with E-state index < -0.39 is 0 Å². The smallest absolute Gasteiger partial charge is 0.251 e. The third-order valence-corrected chi connectivity index (χ3v) is 3.95. The maximum atomic E-state index is 12.2. The molecule has 144 valence electrons. The summed E-state index contributed by atoms with van der Waals surface area (Å²) in [5, 5.41) is 8.63. The number of carbonyl (C=O) groups is 2. The van der Waals surface area contributed by atoms with Crippen LogP contribution in [0.3, 0.4) is 0 Å². The molecule has 0 aliphatic heterocycles. The van der Waals surface area contributed by atoms with Crippen molar-refractivity contribution in [2.45, 2.75) is 33.3 Å².